The number of rotatable bonds is 6. The van der Waals surface area contributed by atoms with Gasteiger partial charge >= 0.3 is 0 Å². The summed E-state index contributed by atoms with van der Waals surface area (Å²) in [4.78, 5) is 30.6. The number of nitrogens with zero attached hydrogens (tertiary/aromatic N) is 4. The van der Waals surface area contributed by atoms with Crippen LogP contribution in [0, 0.1) is 0 Å². The zero-order valence-electron chi connectivity index (χ0n) is 17.3. The molecule has 0 spiro atoms. The second kappa shape index (κ2) is 8.77. The van der Waals surface area contributed by atoms with Crippen LogP contribution < -0.4 is 5.32 Å². The normalized spacial score (nSPS) is 15.7. The van der Waals surface area contributed by atoms with E-state index in [9.17, 15) is 24.9 Å². The van der Waals surface area contributed by atoms with Gasteiger partial charge in [-0.3, -0.25) is 14.6 Å². The van der Waals surface area contributed by atoms with Gasteiger partial charge in [0, 0.05) is 25.1 Å². The number of aliphatic hydroxyl groups is 2. The number of aliphatic hydroxyl groups excluding tert-OH is 2. The molecule has 1 aromatic carbocycles. The summed E-state index contributed by atoms with van der Waals surface area (Å²) in [6, 6.07) is 9.54. The fourth-order valence-electron chi connectivity index (χ4n) is 3.62. The minimum Gasteiger partial charge on any atom is -0.506 e. The summed E-state index contributed by atoms with van der Waals surface area (Å²) >= 11 is 0. The van der Waals surface area contributed by atoms with Crippen LogP contribution in [0.3, 0.4) is 0 Å². The van der Waals surface area contributed by atoms with E-state index in [2.05, 4.69) is 15.4 Å². The Labute approximate surface area is 183 Å². The first-order valence-electron chi connectivity index (χ1n) is 10.1. The predicted octanol–water partition coefficient (Wildman–Crippen LogP) is 0.414. The quantitative estimate of drug-likeness (QED) is 0.438. The van der Waals surface area contributed by atoms with Gasteiger partial charge in [-0.2, -0.15) is 5.10 Å². The lowest BCUT2D eigenvalue weighted by atomic mass is 10.1. The maximum Gasteiger partial charge on any atom is 0.255 e. The summed E-state index contributed by atoms with van der Waals surface area (Å²) in [6.07, 6.45) is 1.03. The van der Waals surface area contributed by atoms with Gasteiger partial charge in [0.25, 0.3) is 11.8 Å². The molecule has 0 bridgehead atoms. The number of amides is 2. The van der Waals surface area contributed by atoms with Crippen molar-refractivity contribution in [2.75, 3.05) is 0 Å². The van der Waals surface area contributed by atoms with Crippen molar-refractivity contribution >= 4 is 11.8 Å². The molecule has 0 fully saturated rings. The molecule has 0 saturated carbocycles. The average molecular weight is 437 g/mol. The molecular weight excluding hydrogens is 414 g/mol. The second-order valence-corrected chi connectivity index (χ2v) is 7.62. The standard InChI is InChI=1S/C22H23N5O5/c1-13(14-5-6-17(18(28)10-14)27-9-3-8-24-27)25-21(31)19(29)20(30)22(32)26-11-15-4-2-7-23-16(15)12-26/h2-10,13,19-20,28-30H,11-12H2,1H3,(H,25,31). The van der Waals surface area contributed by atoms with Gasteiger partial charge in [-0.05, 0) is 42.3 Å². The van der Waals surface area contributed by atoms with Crippen LogP contribution in [0.4, 0.5) is 0 Å². The molecule has 0 aliphatic carbocycles. The summed E-state index contributed by atoms with van der Waals surface area (Å²) in [6.45, 7) is 2.12. The number of carbonyl (C=O) groups excluding carboxylic acids is 2. The molecular formula is C22H23N5O5. The number of fused-ring (bicyclic) bond motifs is 1. The number of hydrogen-bond acceptors (Lipinski definition) is 7. The molecule has 1 aliphatic heterocycles. The molecule has 3 atom stereocenters. The highest BCUT2D eigenvalue weighted by molar-refractivity contribution is 5.91. The molecule has 4 rings (SSSR count). The van der Waals surface area contributed by atoms with Crippen LogP contribution in [-0.2, 0) is 22.7 Å². The Balaban J connectivity index is 1.38. The highest BCUT2D eigenvalue weighted by atomic mass is 16.3. The molecule has 3 unspecified atom stereocenters. The van der Waals surface area contributed by atoms with E-state index < -0.39 is 30.1 Å². The predicted molar refractivity (Wildman–Crippen MR) is 112 cm³/mol. The lowest BCUT2D eigenvalue weighted by Gasteiger charge is -2.24. The van der Waals surface area contributed by atoms with Crippen molar-refractivity contribution in [3.05, 3.63) is 71.8 Å². The highest BCUT2D eigenvalue weighted by Gasteiger charge is 2.36. The fraction of sp³-hybridized carbons (Fsp3) is 0.273. The van der Waals surface area contributed by atoms with Gasteiger partial charge in [-0.15, -0.1) is 0 Å². The van der Waals surface area contributed by atoms with Crippen molar-refractivity contribution in [2.45, 2.75) is 38.3 Å². The lowest BCUT2D eigenvalue weighted by Crippen LogP contribution is -2.50. The lowest BCUT2D eigenvalue weighted by molar-refractivity contribution is -0.153. The number of phenols is 1. The average Bonchev–Trinajstić information content (AvgIpc) is 3.47. The Morgan fingerprint density at radius 3 is 2.59 bits per heavy atom. The molecule has 1 aliphatic rings. The molecule has 10 heteroatoms. The number of benzene rings is 1. The largest absolute Gasteiger partial charge is 0.506 e. The molecule has 166 valence electrons. The molecule has 3 aromatic rings. The first kappa shape index (κ1) is 21.5. The van der Waals surface area contributed by atoms with E-state index in [1.807, 2.05) is 6.07 Å². The number of aromatic nitrogens is 3. The van der Waals surface area contributed by atoms with Crippen molar-refractivity contribution in [1.82, 2.24) is 25.0 Å². The number of hydrogen-bond donors (Lipinski definition) is 4. The molecule has 3 heterocycles. The minimum atomic E-state index is -1.95. The first-order chi connectivity index (χ1) is 15.3. The van der Waals surface area contributed by atoms with E-state index in [1.54, 1.807) is 49.8 Å². The van der Waals surface area contributed by atoms with Crippen molar-refractivity contribution in [3.8, 4) is 11.4 Å². The second-order valence-electron chi connectivity index (χ2n) is 7.62. The van der Waals surface area contributed by atoms with Gasteiger partial charge in [-0.1, -0.05) is 12.1 Å². The number of aromatic hydroxyl groups is 1. The van der Waals surface area contributed by atoms with Crippen LogP contribution in [0.1, 0.15) is 29.8 Å². The Kier molecular flexibility index (Phi) is 5.89. The van der Waals surface area contributed by atoms with E-state index in [0.717, 1.165) is 11.3 Å². The smallest absolute Gasteiger partial charge is 0.255 e. The van der Waals surface area contributed by atoms with E-state index >= 15 is 0 Å². The third-order valence-corrected chi connectivity index (χ3v) is 5.43. The third kappa shape index (κ3) is 4.18. The Morgan fingerprint density at radius 1 is 1.09 bits per heavy atom. The zero-order chi connectivity index (χ0) is 22.8. The number of nitrogens with one attached hydrogen (secondary N) is 1. The zero-order valence-corrected chi connectivity index (χ0v) is 17.3. The van der Waals surface area contributed by atoms with Crippen LogP contribution in [0.15, 0.2) is 55.0 Å². The third-order valence-electron chi connectivity index (χ3n) is 5.43. The summed E-state index contributed by atoms with van der Waals surface area (Å²) in [5.41, 5.74) is 2.62. The maximum absolute atomic E-state index is 12.6. The number of pyridine rings is 1. The van der Waals surface area contributed by atoms with E-state index in [4.69, 9.17) is 0 Å². The monoisotopic (exact) mass is 437 g/mol. The minimum absolute atomic E-state index is 0.0368. The van der Waals surface area contributed by atoms with Crippen molar-refractivity contribution in [1.29, 1.82) is 0 Å². The van der Waals surface area contributed by atoms with Gasteiger partial charge in [0.1, 0.15) is 11.4 Å². The fourth-order valence-corrected chi connectivity index (χ4v) is 3.62. The van der Waals surface area contributed by atoms with E-state index in [-0.39, 0.29) is 18.8 Å². The van der Waals surface area contributed by atoms with Gasteiger partial charge in [-0.25, -0.2) is 4.68 Å². The molecule has 4 N–H and O–H groups in total. The molecule has 0 saturated heterocycles. The van der Waals surface area contributed by atoms with Crippen LogP contribution in [0.25, 0.3) is 5.69 Å². The maximum atomic E-state index is 12.6. The SMILES string of the molecule is CC(NC(=O)C(O)C(O)C(=O)N1Cc2cccnc2C1)c1ccc(-n2cccn2)c(O)c1. The van der Waals surface area contributed by atoms with Gasteiger partial charge < -0.3 is 25.5 Å². The van der Waals surface area contributed by atoms with Crippen LogP contribution >= 0.6 is 0 Å². The van der Waals surface area contributed by atoms with Crippen LogP contribution in [0.5, 0.6) is 5.75 Å². The summed E-state index contributed by atoms with van der Waals surface area (Å²) in [5, 5.41) is 37.5. The Morgan fingerprint density at radius 2 is 1.91 bits per heavy atom. The Bertz CT molecular complexity index is 1110. The summed E-state index contributed by atoms with van der Waals surface area (Å²) < 4.78 is 1.50. The van der Waals surface area contributed by atoms with Gasteiger partial charge in [0.05, 0.1) is 18.3 Å². The van der Waals surface area contributed by atoms with E-state index in [1.165, 1.54) is 15.6 Å². The Hall–Kier alpha value is -3.76. The molecule has 10 nitrogen and oxygen atoms in total. The van der Waals surface area contributed by atoms with E-state index in [0.29, 0.717) is 11.3 Å². The molecule has 0 radical (unpaired) electrons. The highest BCUT2D eigenvalue weighted by Crippen LogP contribution is 2.26. The van der Waals surface area contributed by atoms with Crippen molar-refractivity contribution < 1.29 is 24.9 Å². The van der Waals surface area contributed by atoms with Crippen LogP contribution in [-0.4, -0.2) is 59.0 Å². The molecule has 2 amide bonds. The summed E-state index contributed by atoms with van der Waals surface area (Å²) in [5.74, 6) is -1.69. The number of phenolic OH excluding ortho intramolecular Hbond substituents is 1. The molecule has 32 heavy (non-hydrogen) atoms. The van der Waals surface area contributed by atoms with Crippen LogP contribution in [0.2, 0.25) is 0 Å². The van der Waals surface area contributed by atoms with Gasteiger partial charge in [0.15, 0.2) is 12.2 Å². The topological polar surface area (TPSA) is 141 Å². The summed E-state index contributed by atoms with van der Waals surface area (Å²) in [7, 11) is 0. The molecule has 2 aromatic heterocycles. The van der Waals surface area contributed by atoms with Gasteiger partial charge in [0.2, 0.25) is 0 Å². The van der Waals surface area contributed by atoms with Crippen molar-refractivity contribution in [2.24, 2.45) is 0 Å². The first-order valence-corrected chi connectivity index (χ1v) is 10.1. The van der Waals surface area contributed by atoms with Crippen molar-refractivity contribution in [3.63, 3.8) is 0 Å². The number of carbonyl (C=O) groups is 2.